The van der Waals surface area contributed by atoms with Crippen LogP contribution in [0.3, 0.4) is 0 Å². The summed E-state index contributed by atoms with van der Waals surface area (Å²) in [5, 5.41) is 2.88. The zero-order valence-corrected chi connectivity index (χ0v) is 16.5. The highest BCUT2D eigenvalue weighted by Crippen LogP contribution is 2.31. The molecular weight excluding hydrogens is 406 g/mol. The Hall–Kier alpha value is -3.74. The second-order valence-electron chi connectivity index (χ2n) is 6.93. The summed E-state index contributed by atoms with van der Waals surface area (Å²) in [4.78, 5) is 8.26. The van der Waals surface area contributed by atoms with Gasteiger partial charge in [0, 0.05) is 6.42 Å². The van der Waals surface area contributed by atoms with Gasteiger partial charge in [0.25, 0.3) is 0 Å². The van der Waals surface area contributed by atoms with Crippen molar-refractivity contribution in [3.05, 3.63) is 101 Å². The summed E-state index contributed by atoms with van der Waals surface area (Å²) in [5.41, 5.74) is 1.33. The second-order valence-corrected chi connectivity index (χ2v) is 6.93. The van der Waals surface area contributed by atoms with E-state index in [1.807, 2.05) is 30.3 Å². The normalized spacial score (nSPS) is 16.7. The van der Waals surface area contributed by atoms with Gasteiger partial charge in [0.15, 0.2) is 23.3 Å². The first-order chi connectivity index (χ1) is 14.9. The lowest BCUT2D eigenvalue weighted by Crippen LogP contribution is -2.36. The number of amidine groups is 2. The summed E-state index contributed by atoms with van der Waals surface area (Å²) in [6.45, 7) is 1.76. The van der Waals surface area contributed by atoms with Crippen molar-refractivity contribution < 1.29 is 17.6 Å². The lowest BCUT2D eigenvalue weighted by molar-refractivity contribution is 0.587. The highest BCUT2D eigenvalue weighted by atomic mass is 19.1. The summed E-state index contributed by atoms with van der Waals surface area (Å²) < 4.78 is 56.6. The van der Waals surface area contributed by atoms with Gasteiger partial charge in [-0.1, -0.05) is 42.5 Å². The molecule has 1 N–H and O–H groups in total. The quantitative estimate of drug-likeness (QED) is 0.482. The Morgan fingerprint density at radius 1 is 0.677 bits per heavy atom. The highest BCUT2D eigenvalue weighted by molar-refractivity contribution is 6.20. The Morgan fingerprint density at radius 2 is 1.19 bits per heavy atom. The van der Waals surface area contributed by atoms with E-state index in [4.69, 9.17) is 0 Å². The maximum absolute atomic E-state index is 14.2. The number of para-hydroxylation sites is 2. The van der Waals surface area contributed by atoms with Crippen molar-refractivity contribution in [3.8, 4) is 0 Å². The van der Waals surface area contributed by atoms with Gasteiger partial charge in [0.1, 0.15) is 23.0 Å². The number of halogens is 4. The lowest BCUT2D eigenvalue weighted by Gasteiger charge is -2.24. The van der Waals surface area contributed by atoms with E-state index in [0.717, 1.165) is 35.4 Å². The minimum absolute atomic E-state index is 0.143. The summed E-state index contributed by atoms with van der Waals surface area (Å²) in [7, 11) is 0. The van der Waals surface area contributed by atoms with Gasteiger partial charge in [-0.25, -0.2) is 27.5 Å². The van der Waals surface area contributed by atoms with Crippen molar-refractivity contribution in [3.63, 3.8) is 0 Å². The van der Waals surface area contributed by atoms with Crippen LogP contribution in [0.15, 0.2) is 82.3 Å². The van der Waals surface area contributed by atoms with Gasteiger partial charge in [0.05, 0.1) is 0 Å². The maximum atomic E-state index is 14.2. The van der Waals surface area contributed by atoms with Crippen LogP contribution >= 0.6 is 0 Å². The molecule has 0 aromatic heterocycles. The van der Waals surface area contributed by atoms with E-state index in [2.05, 4.69) is 15.3 Å². The van der Waals surface area contributed by atoms with Gasteiger partial charge in [-0.15, -0.1) is 0 Å². The van der Waals surface area contributed by atoms with Gasteiger partial charge in [-0.2, -0.15) is 0 Å². The molecule has 0 aliphatic carbocycles. The number of hydrogen-bond donors (Lipinski definition) is 1. The van der Waals surface area contributed by atoms with Gasteiger partial charge >= 0.3 is 0 Å². The molecule has 31 heavy (non-hydrogen) atoms. The first-order valence-electron chi connectivity index (χ1n) is 9.51. The van der Waals surface area contributed by atoms with Crippen LogP contribution < -0.4 is 5.32 Å². The SMILES string of the molecule is CC1=C(c2ccccc2)CC(=Nc2c(F)cccc2F)NC1=Nc1c(F)cccc1F. The molecular formula is C24H17F4N3. The van der Waals surface area contributed by atoms with E-state index in [1.165, 1.54) is 12.1 Å². The average molecular weight is 423 g/mol. The summed E-state index contributed by atoms with van der Waals surface area (Å²) in [6, 6.07) is 16.2. The largest absolute Gasteiger partial charge is 0.328 e. The maximum Gasteiger partial charge on any atom is 0.151 e. The van der Waals surface area contributed by atoms with Crippen molar-refractivity contribution in [2.24, 2.45) is 9.98 Å². The van der Waals surface area contributed by atoms with Crippen molar-refractivity contribution in [1.29, 1.82) is 0 Å². The zero-order valence-electron chi connectivity index (χ0n) is 16.5. The minimum Gasteiger partial charge on any atom is -0.328 e. The standard InChI is InChI=1S/C24H17F4N3/c1-14-16(15-7-3-2-4-8-15)13-21(29-22-17(25)9-5-10-18(22)26)30-24(14)31-23-19(27)11-6-12-20(23)28/h2-12H,13H2,1H3,(H,29,30,31). The average Bonchev–Trinajstić information content (AvgIpc) is 2.76. The topological polar surface area (TPSA) is 36.8 Å². The predicted molar refractivity (Wildman–Crippen MR) is 114 cm³/mol. The van der Waals surface area contributed by atoms with E-state index in [-0.39, 0.29) is 18.1 Å². The fourth-order valence-corrected chi connectivity index (χ4v) is 3.29. The molecule has 0 bridgehead atoms. The highest BCUT2D eigenvalue weighted by Gasteiger charge is 2.23. The third-order valence-corrected chi connectivity index (χ3v) is 4.88. The molecule has 3 aromatic rings. The molecule has 1 aliphatic rings. The number of aliphatic imine (C=N–C) groups is 2. The van der Waals surface area contributed by atoms with Crippen molar-refractivity contribution in [2.45, 2.75) is 13.3 Å². The van der Waals surface area contributed by atoms with Crippen LogP contribution in [0.1, 0.15) is 18.9 Å². The summed E-state index contributed by atoms with van der Waals surface area (Å²) in [5.74, 6) is -2.95. The predicted octanol–water partition coefficient (Wildman–Crippen LogP) is 6.47. The Morgan fingerprint density at radius 3 is 1.74 bits per heavy atom. The number of nitrogens with one attached hydrogen (secondary N) is 1. The van der Waals surface area contributed by atoms with Crippen LogP contribution in [0.25, 0.3) is 5.57 Å². The Bertz CT molecular complexity index is 1190. The monoisotopic (exact) mass is 423 g/mol. The fraction of sp³-hybridized carbons (Fsp3) is 0.0833. The van der Waals surface area contributed by atoms with E-state index in [0.29, 0.717) is 5.57 Å². The molecule has 0 saturated carbocycles. The number of rotatable bonds is 3. The molecule has 0 saturated heterocycles. The van der Waals surface area contributed by atoms with Crippen molar-refractivity contribution >= 4 is 28.6 Å². The van der Waals surface area contributed by atoms with Crippen LogP contribution in [0.2, 0.25) is 0 Å². The molecule has 3 aromatic carbocycles. The molecule has 0 spiro atoms. The number of hydrogen-bond acceptors (Lipinski definition) is 2. The summed E-state index contributed by atoms with van der Waals surface area (Å²) >= 11 is 0. The van der Waals surface area contributed by atoms with Crippen molar-refractivity contribution in [2.75, 3.05) is 0 Å². The molecule has 0 fully saturated rings. The van der Waals surface area contributed by atoms with Gasteiger partial charge < -0.3 is 5.32 Å². The lowest BCUT2D eigenvalue weighted by atomic mass is 9.93. The Labute approximate surface area is 176 Å². The van der Waals surface area contributed by atoms with E-state index in [9.17, 15) is 17.6 Å². The van der Waals surface area contributed by atoms with Gasteiger partial charge in [0.2, 0.25) is 0 Å². The van der Waals surface area contributed by atoms with E-state index >= 15 is 0 Å². The smallest absolute Gasteiger partial charge is 0.151 e. The van der Waals surface area contributed by atoms with Crippen LogP contribution in [0.5, 0.6) is 0 Å². The molecule has 0 atom stereocenters. The molecule has 3 nitrogen and oxygen atoms in total. The van der Waals surface area contributed by atoms with E-state index in [1.54, 1.807) is 6.92 Å². The van der Waals surface area contributed by atoms with Gasteiger partial charge in [-0.3, -0.25) is 0 Å². The number of benzene rings is 3. The second kappa shape index (κ2) is 8.55. The molecule has 0 unspecified atom stereocenters. The minimum atomic E-state index is -0.826. The number of nitrogens with zero attached hydrogens (tertiary/aromatic N) is 2. The zero-order chi connectivity index (χ0) is 22.0. The molecule has 1 aliphatic heterocycles. The van der Waals surface area contributed by atoms with E-state index < -0.39 is 34.6 Å². The third-order valence-electron chi connectivity index (χ3n) is 4.88. The first kappa shape index (κ1) is 20.5. The first-order valence-corrected chi connectivity index (χ1v) is 9.51. The third kappa shape index (κ3) is 4.26. The Balaban J connectivity index is 1.87. The van der Waals surface area contributed by atoms with Crippen molar-refractivity contribution in [1.82, 2.24) is 5.32 Å². The molecule has 0 amide bonds. The van der Waals surface area contributed by atoms with Crippen LogP contribution in [0, 0.1) is 23.3 Å². The van der Waals surface area contributed by atoms with Crippen LogP contribution in [-0.2, 0) is 0 Å². The molecule has 7 heteroatoms. The molecule has 0 radical (unpaired) electrons. The fourth-order valence-electron chi connectivity index (χ4n) is 3.29. The summed E-state index contributed by atoms with van der Waals surface area (Å²) in [6.07, 6.45) is 0.225. The molecule has 4 rings (SSSR count). The molecule has 1 heterocycles. The molecule has 156 valence electrons. The Kier molecular flexibility index (Phi) is 5.66. The van der Waals surface area contributed by atoms with Crippen LogP contribution in [-0.4, -0.2) is 11.7 Å². The van der Waals surface area contributed by atoms with Crippen LogP contribution in [0.4, 0.5) is 28.9 Å². The van der Waals surface area contributed by atoms with Gasteiger partial charge in [-0.05, 0) is 47.9 Å².